The maximum absolute atomic E-state index is 13.2. The van der Waals surface area contributed by atoms with Gasteiger partial charge in [0.15, 0.2) is 0 Å². The molecule has 1 aliphatic heterocycles. The fraction of sp³-hybridized carbons (Fsp3) is 0.250. The van der Waals surface area contributed by atoms with Crippen molar-refractivity contribution in [2.24, 2.45) is 0 Å². The molecule has 6 nitrogen and oxygen atoms in total. The smallest absolute Gasteiger partial charge is 0.423 e. The molecule has 30 heavy (non-hydrogen) atoms. The zero-order valence-electron chi connectivity index (χ0n) is 15.5. The summed E-state index contributed by atoms with van der Waals surface area (Å²) in [6, 6.07) is 11.0. The molecule has 0 radical (unpaired) electrons. The molecule has 0 atom stereocenters. The predicted octanol–water partition coefficient (Wildman–Crippen LogP) is 4.60. The van der Waals surface area contributed by atoms with Gasteiger partial charge in [-0.2, -0.15) is 18.2 Å². The van der Waals surface area contributed by atoms with Crippen LogP contribution in [-0.4, -0.2) is 34.3 Å². The van der Waals surface area contributed by atoms with E-state index in [0.717, 1.165) is 16.8 Å². The number of nitrogens with one attached hydrogen (secondary N) is 1. The Bertz CT molecular complexity index is 1030. The quantitative estimate of drug-likeness (QED) is 0.609. The van der Waals surface area contributed by atoms with Gasteiger partial charge in [-0.15, -0.1) is 0 Å². The van der Waals surface area contributed by atoms with Gasteiger partial charge in [0.25, 0.3) is 0 Å². The van der Waals surface area contributed by atoms with E-state index >= 15 is 0 Å². The third-order valence-electron chi connectivity index (χ3n) is 4.40. The van der Waals surface area contributed by atoms with Gasteiger partial charge in [-0.25, -0.2) is 4.98 Å². The summed E-state index contributed by atoms with van der Waals surface area (Å²) in [4.78, 5) is 11.9. The lowest BCUT2D eigenvalue weighted by molar-refractivity contribution is -0.142. The Hall–Kier alpha value is -2.91. The first-order valence-corrected chi connectivity index (χ1v) is 9.40. The highest BCUT2D eigenvalue weighted by molar-refractivity contribution is 6.31. The molecule has 1 N–H and O–H groups in total. The molecule has 0 amide bonds. The summed E-state index contributed by atoms with van der Waals surface area (Å²) < 4.78 is 49.9. The van der Waals surface area contributed by atoms with Crippen LogP contribution in [-0.2, 0) is 17.5 Å². The first kappa shape index (κ1) is 20.4. The van der Waals surface area contributed by atoms with Crippen molar-refractivity contribution in [1.29, 1.82) is 0 Å². The summed E-state index contributed by atoms with van der Waals surface area (Å²) in [6.45, 7) is 0.670. The average Bonchev–Trinajstić information content (AvgIpc) is 2.69. The number of pyridine rings is 1. The fourth-order valence-electron chi connectivity index (χ4n) is 2.73. The molecule has 4 rings (SSSR count). The SMILES string of the molecule is FC(F)(F)c1cnc(NCc2ccc(-c3ccccn3)cc2Cl)nc1OC1COC1. The van der Waals surface area contributed by atoms with Gasteiger partial charge < -0.3 is 14.8 Å². The van der Waals surface area contributed by atoms with E-state index in [-0.39, 0.29) is 25.7 Å². The van der Waals surface area contributed by atoms with Crippen molar-refractivity contribution in [3.8, 4) is 17.1 Å². The summed E-state index contributed by atoms with van der Waals surface area (Å²) in [5, 5.41) is 3.38. The van der Waals surface area contributed by atoms with Crippen molar-refractivity contribution in [2.45, 2.75) is 18.8 Å². The molecular formula is C20H16ClF3N4O2. The summed E-state index contributed by atoms with van der Waals surface area (Å²) in [6.07, 6.45) is -2.68. The molecule has 10 heteroatoms. The van der Waals surface area contributed by atoms with E-state index in [4.69, 9.17) is 21.1 Å². The first-order chi connectivity index (χ1) is 14.4. The number of rotatable bonds is 6. The second-order valence-corrected chi connectivity index (χ2v) is 6.97. The molecule has 3 heterocycles. The molecule has 156 valence electrons. The van der Waals surface area contributed by atoms with Crippen molar-refractivity contribution in [2.75, 3.05) is 18.5 Å². The molecule has 3 aromatic rings. The largest absolute Gasteiger partial charge is 0.469 e. The van der Waals surface area contributed by atoms with Crippen LogP contribution in [0.3, 0.4) is 0 Å². The van der Waals surface area contributed by atoms with Crippen molar-refractivity contribution >= 4 is 17.5 Å². The minimum absolute atomic E-state index is 0.00288. The first-order valence-electron chi connectivity index (χ1n) is 9.02. The molecule has 0 unspecified atom stereocenters. The highest BCUT2D eigenvalue weighted by atomic mass is 35.5. The minimum Gasteiger partial charge on any atom is -0.469 e. The highest BCUT2D eigenvalue weighted by Crippen LogP contribution is 2.36. The second kappa shape index (κ2) is 8.45. The number of alkyl halides is 3. The van der Waals surface area contributed by atoms with Gasteiger partial charge in [0.05, 0.1) is 18.9 Å². The number of hydrogen-bond acceptors (Lipinski definition) is 6. The zero-order chi connectivity index (χ0) is 21.1. The van der Waals surface area contributed by atoms with Gasteiger partial charge >= 0.3 is 6.18 Å². The molecule has 1 aromatic carbocycles. The Kier molecular flexibility index (Phi) is 5.74. The van der Waals surface area contributed by atoms with Crippen LogP contribution in [0.1, 0.15) is 11.1 Å². The van der Waals surface area contributed by atoms with Gasteiger partial charge in [0.1, 0.15) is 11.7 Å². The van der Waals surface area contributed by atoms with Crippen molar-refractivity contribution in [1.82, 2.24) is 15.0 Å². The van der Waals surface area contributed by atoms with E-state index in [1.54, 1.807) is 12.3 Å². The summed E-state index contributed by atoms with van der Waals surface area (Å²) in [7, 11) is 0. The third kappa shape index (κ3) is 4.63. The standard InChI is InChI=1S/C20H16ClF3N4O2/c21-16-7-12(17-3-1-2-6-25-17)4-5-13(16)8-26-19-27-9-15(20(22,23)24)18(28-19)30-14-10-29-11-14/h1-7,9,14H,8,10-11H2,(H,26,27,28). The van der Waals surface area contributed by atoms with Crippen molar-refractivity contribution in [3.05, 3.63) is 64.9 Å². The molecule has 2 aromatic heterocycles. The number of hydrogen-bond donors (Lipinski definition) is 1. The van der Waals surface area contributed by atoms with Crippen LogP contribution in [0.2, 0.25) is 5.02 Å². The van der Waals surface area contributed by atoms with Crippen LogP contribution < -0.4 is 10.1 Å². The molecule has 1 fully saturated rings. The fourth-order valence-corrected chi connectivity index (χ4v) is 2.98. The van der Waals surface area contributed by atoms with E-state index in [0.29, 0.717) is 11.2 Å². The van der Waals surface area contributed by atoms with Gasteiger partial charge in [-0.3, -0.25) is 4.98 Å². The van der Waals surface area contributed by atoms with Crippen LogP contribution in [0.5, 0.6) is 5.88 Å². The molecular weight excluding hydrogens is 421 g/mol. The van der Waals surface area contributed by atoms with Gasteiger partial charge in [0.2, 0.25) is 11.8 Å². The van der Waals surface area contributed by atoms with Crippen LogP contribution in [0.25, 0.3) is 11.3 Å². The number of aromatic nitrogens is 3. The Morgan fingerprint density at radius 1 is 1.17 bits per heavy atom. The van der Waals surface area contributed by atoms with Crippen molar-refractivity contribution < 1.29 is 22.6 Å². The Balaban J connectivity index is 1.50. The monoisotopic (exact) mass is 436 g/mol. The summed E-state index contributed by atoms with van der Waals surface area (Å²) in [5.74, 6) is -0.520. The third-order valence-corrected chi connectivity index (χ3v) is 4.75. The average molecular weight is 437 g/mol. The summed E-state index contributed by atoms with van der Waals surface area (Å²) in [5.41, 5.74) is 1.34. The van der Waals surface area contributed by atoms with Gasteiger partial charge in [-0.1, -0.05) is 29.8 Å². The molecule has 0 saturated carbocycles. The molecule has 0 spiro atoms. The summed E-state index contributed by atoms with van der Waals surface area (Å²) >= 11 is 6.36. The van der Waals surface area contributed by atoms with Crippen LogP contribution in [0.4, 0.5) is 19.1 Å². The van der Waals surface area contributed by atoms with Crippen LogP contribution in [0, 0.1) is 0 Å². The van der Waals surface area contributed by atoms with E-state index in [1.807, 2.05) is 30.3 Å². The molecule has 0 aliphatic carbocycles. The van der Waals surface area contributed by atoms with Gasteiger partial charge in [-0.05, 0) is 23.8 Å². The minimum atomic E-state index is -4.62. The number of nitrogens with zero attached hydrogens (tertiary/aromatic N) is 3. The normalized spacial score (nSPS) is 14.3. The van der Waals surface area contributed by atoms with E-state index in [1.165, 1.54) is 0 Å². The Morgan fingerprint density at radius 2 is 2.00 bits per heavy atom. The number of halogens is 4. The number of ether oxygens (including phenoxy) is 2. The maximum Gasteiger partial charge on any atom is 0.423 e. The number of anilines is 1. The lowest BCUT2D eigenvalue weighted by Crippen LogP contribution is -2.39. The lowest BCUT2D eigenvalue weighted by atomic mass is 10.1. The molecule has 1 aliphatic rings. The molecule has 0 bridgehead atoms. The van der Waals surface area contributed by atoms with Crippen molar-refractivity contribution in [3.63, 3.8) is 0 Å². The maximum atomic E-state index is 13.2. The van der Waals surface area contributed by atoms with Gasteiger partial charge in [0, 0.05) is 29.5 Å². The Labute approximate surface area is 175 Å². The van der Waals surface area contributed by atoms with E-state index in [9.17, 15) is 13.2 Å². The topological polar surface area (TPSA) is 69.2 Å². The van der Waals surface area contributed by atoms with Crippen LogP contribution >= 0.6 is 11.6 Å². The lowest BCUT2D eigenvalue weighted by Gasteiger charge is -2.27. The predicted molar refractivity (Wildman–Crippen MR) is 104 cm³/mol. The van der Waals surface area contributed by atoms with Crippen LogP contribution in [0.15, 0.2) is 48.8 Å². The second-order valence-electron chi connectivity index (χ2n) is 6.56. The number of benzene rings is 1. The zero-order valence-corrected chi connectivity index (χ0v) is 16.2. The highest BCUT2D eigenvalue weighted by Gasteiger charge is 2.37. The molecule has 1 saturated heterocycles. The van der Waals surface area contributed by atoms with E-state index < -0.39 is 23.7 Å². The van der Waals surface area contributed by atoms with E-state index in [2.05, 4.69) is 20.3 Å². The Morgan fingerprint density at radius 3 is 2.63 bits per heavy atom.